The van der Waals surface area contributed by atoms with Gasteiger partial charge in [0.2, 0.25) is 16.0 Å². The Morgan fingerprint density at radius 3 is 2.38 bits per heavy atom. The van der Waals surface area contributed by atoms with Crippen LogP contribution in [0.4, 0.5) is 16.2 Å². The second kappa shape index (κ2) is 11.6. The van der Waals surface area contributed by atoms with E-state index in [4.69, 9.17) is 9.63 Å². The highest BCUT2D eigenvalue weighted by Crippen LogP contribution is 2.34. The summed E-state index contributed by atoms with van der Waals surface area (Å²) in [6, 6.07) is 6.72. The number of hydrogen-bond acceptors (Lipinski definition) is 9. The zero-order valence-corrected chi connectivity index (χ0v) is 21.1. The molecule has 0 unspecified atom stereocenters. The number of rotatable bonds is 11. The topological polar surface area (TPSA) is 167 Å². The van der Waals surface area contributed by atoms with E-state index in [1.807, 2.05) is 13.8 Å². The number of nitrogens with zero attached hydrogens (tertiary/aromatic N) is 4. The molecule has 0 amide bonds. The summed E-state index contributed by atoms with van der Waals surface area (Å²) in [6.07, 6.45) is 1.83. The molecule has 0 spiro atoms. The first-order valence-electron chi connectivity index (χ1n) is 11.2. The molecule has 198 valence electrons. The number of aromatic nitrogens is 3. The maximum Gasteiger partial charge on any atom is 0.305 e. The normalized spacial score (nSPS) is 13.7. The standard InChI is InChI=1S/C24H27FN4O7S/c1-14(2)22-19(9-8-17(30)12-18(31)13-21(32)33)23(15-4-6-16(25)7-5-15)27-24(26-22)29(37(3,34)35)20-10-11-36-28-20/h4-11,14,17-18,30-31H,12-13H2,1-3H3,(H,32,33)/b9-8+/t17-,18-/m1/s1. The molecule has 0 bridgehead atoms. The third kappa shape index (κ3) is 7.18. The lowest BCUT2D eigenvalue weighted by molar-refractivity contribution is -0.139. The van der Waals surface area contributed by atoms with Crippen molar-refractivity contribution in [2.45, 2.75) is 44.8 Å². The predicted molar refractivity (Wildman–Crippen MR) is 133 cm³/mol. The van der Waals surface area contributed by atoms with Crippen LogP contribution in [0.25, 0.3) is 17.3 Å². The molecular weight excluding hydrogens is 507 g/mol. The van der Waals surface area contributed by atoms with Gasteiger partial charge in [-0.15, -0.1) is 0 Å². The van der Waals surface area contributed by atoms with E-state index in [-0.39, 0.29) is 29.8 Å². The lowest BCUT2D eigenvalue weighted by Crippen LogP contribution is -2.27. The number of carboxylic acids is 1. The van der Waals surface area contributed by atoms with Gasteiger partial charge in [0.15, 0.2) is 5.82 Å². The van der Waals surface area contributed by atoms with Crippen LogP contribution in [0.15, 0.2) is 47.2 Å². The molecular formula is C24H27FN4O7S. The molecule has 2 aromatic heterocycles. The molecule has 0 aliphatic heterocycles. The molecule has 2 heterocycles. The summed E-state index contributed by atoms with van der Waals surface area (Å²) < 4.78 is 44.7. The fraction of sp³-hybridized carbons (Fsp3) is 0.333. The number of carbonyl (C=O) groups is 1. The fourth-order valence-corrected chi connectivity index (χ4v) is 4.39. The minimum absolute atomic E-state index is 0.0617. The fourth-order valence-electron chi connectivity index (χ4n) is 3.58. The van der Waals surface area contributed by atoms with Crippen LogP contribution in [-0.4, -0.2) is 63.3 Å². The van der Waals surface area contributed by atoms with Crippen molar-refractivity contribution >= 4 is 33.8 Å². The van der Waals surface area contributed by atoms with Crippen molar-refractivity contribution in [3.8, 4) is 11.3 Å². The molecule has 1 aromatic carbocycles. The highest BCUT2D eigenvalue weighted by atomic mass is 32.2. The van der Waals surface area contributed by atoms with Crippen LogP contribution in [0.1, 0.15) is 43.9 Å². The predicted octanol–water partition coefficient (Wildman–Crippen LogP) is 3.09. The van der Waals surface area contributed by atoms with E-state index < -0.39 is 40.4 Å². The Kier molecular flexibility index (Phi) is 8.73. The number of aliphatic hydroxyl groups excluding tert-OH is 2. The molecule has 0 saturated carbocycles. The molecule has 3 aromatic rings. The van der Waals surface area contributed by atoms with Gasteiger partial charge in [-0.25, -0.2) is 22.8 Å². The number of aliphatic hydroxyl groups is 2. The van der Waals surface area contributed by atoms with Crippen molar-refractivity contribution in [2.24, 2.45) is 0 Å². The van der Waals surface area contributed by atoms with Gasteiger partial charge in [-0.1, -0.05) is 31.2 Å². The summed E-state index contributed by atoms with van der Waals surface area (Å²) in [5.41, 5.74) is 1.53. The second-order valence-electron chi connectivity index (χ2n) is 8.63. The van der Waals surface area contributed by atoms with E-state index in [0.717, 1.165) is 10.6 Å². The average molecular weight is 535 g/mol. The summed E-state index contributed by atoms with van der Waals surface area (Å²) in [5.74, 6) is -2.21. The molecule has 3 N–H and O–H groups in total. The van der Waals surface area contributed by atoms with Crippen molar-refractivity contribution in [3.63, 3.8) is 0 Å². The molecule has 0 fully saturated rings. The molecule has 13 heteroatoms. The Bertz CT molecular complexity index is 1360. The number of benzene rings is 1. The van der Waals surface area contributed by atoms with Gasteiger partial charge in [0, 0.05) is 23.6 Å². The zero-order valence-electron chi connectivity index (χ0n) is 20.3. The van der Waals surface area contributed by atoms with Crippen LogP contribution in [0.2, 0.25) is 0 Å². The average Bonchev–Trinajstić information content (AvgIpc) is 3.30. The highest BCUT2D eigenvalue weighted by Gasteiger charge is 2.28. The van der Waals surface area contributed by atoms with Crippen molar-refractivity contribution in [3.05, 3.63) is 59.7 Å². The maximum atomic E-state index is 13.7. The second-order valence-corrected chi connectivity index (χ2v) is 10.5. The van der Waals surface area contributed by atoms with Crippen LogP contribution < -0.4 is 4.31 Å². The molecule has 2 atom stereocenters. The first-order valence-corrected chi connectivity index (χ1v) is 13.1. The number of anilines is 2. The van der Waals surface area contributed by atoms with Gasteiger partial charge in [-0.05, 0) is 30.2 Å². The zero-order chi connectivity index (χ0) is 27.3. The summed E-state index contributed by atoms with van der Waals surface area (Å²) >= 11 is 0. The number of hydrogen-bond donors (Lipinski definition) is 3. The summed E-state index contributed by atoms with van der Waals surface area (Å²) in [6.45, 7) is 3.65. The number of aliphatic carboxylic acids is 1. The molecule has 0 saturated heterocycles. The number of carboxylic acid groups (broad SMARTS) is 1. The van der Waals surface area contributed by atoms with E-state index >= 15 is 0 Å². The van der Waals surface area contributed by atoms with E-state index in [1.165, 1.54) is 48.7 Å². The van der Waals surface area contributed by atoms with Crippen molar-refractivity contribution in [1.82, 2.24) is 15.1 Å². The molecule has 11 nitrogen and oxygen atoms in total. The molecule has 0 radical (unpaired) electrons. The van der Waals surface area contributed by atoms with Crippen molar-refractivity contribution in [2.75, 3.05) is 10.6 Å². The summed E-state index contributed by atoms with van der Waals surface area (Å²) in [5, 5.41) is 32.7. The number of halogens is 1. The monoisotopic (exact) mass is 534 g/mol. The molecule has 37 heavy (non-hydrogen) atoms. The smallest absolute Gasteiger partial charge is 0.305 e. The van der Waals surface area contributed by atoms with Crippen LogP contribution in [0, 0.1) is 5.82 Å². The molecule has 0 aliphatic carbocycles. The van der Waals surface area contributed by atoms with Gasteiger partial charge in [0.25, 0.3) is 0 Å². The lowest BCUT2D eigenvalue weighted by atomic mass is 9.97. The largest absolute Gasteiger partial charge is 0.481 e. The third-order valence-electron chi connectivity index (χ3n) is 5.18. The lowest BCUT2D eigenvalue weighted by Gasteiger charge is -2.21. The SMILES string of the molecule is CC(C)c1nc(N(c2ccon2)S(C)(=O)=O)nc(-c2ccc(F)cc2)c1/C=C/[C@@H](O)C[C@@H](O)CC(=O)O. The van der Waals surface area contributed by atoms with E-state index in [9.17, 15) is 27.8 Å². The molecule has 0 aliphatic rings. The Morgan fingerprint density at radius 2 is 1.84 bits per heavy atom. The van der Waals surface area contributed by atoms with Gasteiger partial charge >= 0.3 is 5.97 Å². The van der Waals surface area contributed by atoms with Crippen molar-refractivity contribution in [1.29, 1.82) is 0 Å². The first kappa shape index (κ1) is 27.9. The minimum Gasteiger partial charge on any atom is -0.481 e. The summed E-state index contributed by atoms with van der Waals surface area (Å²) in [7, 11) is -3.96. The van der Waals surface area contributed by atoms with Crippen LogP contribution in [-0.2, 0) is 14.8 Å². The molecule has 3 rings (SSSR count). The Morgan fingerprint density at radius 1 is 1.16 bits per heavy atom. The number of sulfonamides is 1. The van der Waals surface area contributed by atoms with Crippen LogP contribution >= 0.6 is 0 Å². The Balaban J connectivity index is 2.19. The first-order chi connectivity index (χ1) is 17.4. The van der Waals surface area contributed by atoms with Crippen LogP contribution in [0.5, 0.6) is 0 Å². The Labute approximate surface area is 213 Å². The van der Waals surface area contributed by atoms with Crippen molar-refractivity contribution < 1.29 is 37.4 Å². The van der Waals surface area contributed by atoms with Gasteiger partial charge in [-0.2, -0.15) is 4.31 Å². The van der Waals surface area contributed by atoms with Gasteiger partial charge in [-0.3, -0.25) is 4.79 Å². The summed E-state index contributed by atoms with van der Waals surface area (Å²) in [4.78, 5) is 19.8. The van der Waals surface area contributed by atoms with Gasteiger partial charge < -0.3 is 19.8 Å². The van der Waals surface area contributed by atoms with E-state index in [0.29, 0.717) is 16.8 Å². The Hall–Kier alpha value is -3.68. The van der Waals surface area contributed by atoms with Gasteiger partial charge in [0.05, 0.1) is 36.3 Å². The van der Waals surface area contributed by atoms with Crippen LogP contribution in [0.3, 0.4) is 0 Å². The maximum absolute atomic E-state index is 13.7. The minimum atomic E-state index is -3.96. The van der Waals surface area contributed by atoms with Gasteiger partial charge in [0.1, 0.15) is 12.1 Å². The van der Waals surface area contributed by atoms with E-state index in [2.05, 4.69) is 15.1 Å². The van der Waals surface area contributed by atoms with E-state index in [1.54, 1.807) is 0 Å². The third-order valence-corrected chi connectivity index (χ3v) is 6.20. The quantitative estimate of drug-likeness (QED) is 0.332. The highest BCUT2D eigenvalue weighted by molar-refractivity contribution is 7.92.